The molecule has 16 heavy (non-hydrogen) atoms. The van der Waals surface area contributed by atoms with Gasteiger partial charge in [-0.05, 0) is 44.9 Å². The summed E-state index contributed by atoms with van der Waals surface area (Å²) in [6.45, 7) is 7.06. The van der Waals surface area contributed by atoms with Gasteiger partial charge in [0, 0.05) is 11.7 Å². The van der Waals surface area contributed by atoms with Crippen LogP contribution in [0.2, 0.25) is 0 Å². The zero-order valence-corrected chi connectivity index (χ0v) is 10.9. The maximum absolute atomic E-state index is 12.1. The number of hydrogen-bond donors (Lipinski definition) is 2. The van der Waals surface area contributed by atoms with Crippen molar-refractivity contribution in [3.05, 3.63) is 23.3 Å². The van der Waals surface area contributed by atoms with Gasteiger partial charge in [0.05, 0.1) is 4.90 Å². The maximum Gasteiger partial charge on any atom is 0.241 e. The van der Waals surface area contributed by atoms with Crippen LogP contribution in [0, 0.1) is 13.8 Å². The molecule has 0 fully saturated rings. The van der Waals surface area contributed by atoms with E-state index < -0.39 is 10.0 Å². The number of rotatable bonds is 3. The lowest BCUT2D eigenvalue weighted by atomic mass is 10.1. The van der Waals surface area contributed by atoms with E-state index in [-0.39, 0.29) is 6.04 Å². The monoisotopic (exact) mass is 242 g/mol. The van der Waals surface area contributed by atoms with Gasteiger partial charge in [0.1, 0.15) is 0 Å². The summed E-state index contributed by atoms with van der Waals surface area (Å²) >= 11 is 0. The zero-order valence-electron chi connectivity index (χ0n) is 10.0. The number of nitrogen functional groups attached to an aromatic ring is 1. The van der Waals surface area contributed by atoms with Gasteiger partial charge in [-0.15, -0.1) is 0 Å². The average molecular weight is 242 g/mol. The number of anilines is 1. The van der Waals surface area contributed by atoms with Crippen molar-refractivity contribution in [2.45, 2.75) is 38.6 Å². The van der Waals surface area contributed by atoms with Gasteiger partial charge in [-0.2, -0.15) is 0 Å². The Morgan fingerprint density at radius 3 is 2.31 bits per heavy atom. The van der Waals surface area contributed by atoms with Crippen LogP contribution in [0.5, 0.6) is 0 Å². The van der Waals surface area contributed by atoms with E-state index in [0.29, 0.717) is 21.7 Å². The van der Waals surface area contributed by atoms with Gasteiger partial charge in [0.15, 0.2) is 0 Å². The first-order chi connectivity index (χ1) is 7.25. The average Bonchev–Trinajstić information content (AvgIpc) is 2.09. The lowest BCUT2D eigenvalue weighted by Crippen LogP contribution is -2.31. The van der Waals surface area contributed by atoms with Crippen LogP contribution in [-0.4, -0.2) is 14.5 Å². The highest BCUT2D eigenvalue weighted by Crippen LogP contribution is 2.24. The van der Waals surface area contributed by atoms with Crippen molar-refractivity contribution in [1.82, 2.24) is 4.72 Å². The van der Waals surface area contributed by atoms with Crippen LogP contribution in [0.1, 0.15) is 25.0 Å². The molecular formula is C11H18N2O2S. The Morgan fingerprint density at radius 1 is 1.25 bits per heavy atom. The second-order valence-electron chi connectivity index (χ2n) is 4.20. The molecule has 4 nitrogen and oxygen atoms in total. The molecule has 0 aliphatic carbocycles. The van der Waals surface area contributed by atoms with Crippen LogP contribution < -0.4 is 10.5 Å². The van der Waals surface area contributed by atoms with Crippen LogP contribution in [-0.2, 0) is 10.0 Å². The SMILES string of the molecule is Cc1ccc(N)c(C)c1S(=O)(=O)NC(C)C. The molecule has 1 rings (SSSR count). The summed E-state index contributed by atoms with van der Waals surface area (Å²) in [5.74, 6) is 0. The Bertz CT molecular complexity index is 493. The van der Waals surface area contributed by atoms with Gasteiger partial charge in [-0.25, -0.2) is 13.1 Å². The molecule has 0 aliphatic heterocycles. The highest BCUT2D eigenvalue weighted by molar-refractivity contribution is 7.89. The molecule has 0 radical (unpaired) electrons. The molecule has 0 aromatic heterocycles. The van der Waals surface area contributed by atoms with Gasteiger partial charge < -0.3 is 5.73 Å². The van der Waals surface area contributed by atoms with E-state index in [0.717, 1.165) is 0 Å². The van der Waals surface area contributed by atoms with E-state index >= 15 is 0 Å². The van der Waals surface area contributed by atoms with Gasteiger partial charge in [-0.1, -0.05) is 6.07 Å². The molecule has 90 valence electrons. The van der Waals surface area contributed by atoms with Crippen molar-refractivity contribution >= 4 is 15.7 Å². The third-order valence-corrected chi connectivity index (χ3v) is 4.25. The predicted octanol–water partition coefficient (Wildman–Crippen LogP) is 1.57. The van der Waals surface area contributed by atoms with Crippen LogP contribution in [0.25, 0.3) is 0 Å². The third-order valence-electron chi connectivity index (χ3n) is 2.30. The Balaban J connectivity index is 3.38. The molecule has 0 saturated carbocycles. The second kappa shape index (κ2) is 4.43. The number of aryl methyl sites for hydroxylation is 1. The zero-order chi connectivity index (χ0) is 12.5. The summed E-state index contributed by atoms with van der Waals surface area (Å²) in [7, 11) is -3.47. The van der Waals surface area contributed by atoms with E-state index in [1.165, 1.54) is 0 Å². The minimum atomic E-state index is -3.47. The van der Waals surface area contributed by atoms with Crippen LogP contribution in [0.4, 0.5) is 5.69 Å². The third kappa shape index (κ3) is 2.54. The lowest BCUT2D eigenvalue weighted by molar-refractivity contribution is 0.568. The summed E-state index contributed by atoms with van der Waals surface area (Å²) in [5.41, 5.74) is 7.53. The van der Waals surface area contributed by atoms with E-state index in [2.05, 4.69) is 4.72 Å². The Hall–Kier alpha value is -1.07. The summed E-state index contributed by atoms with van der Waals surface area (Å²) < 4.78 is 26.7. The van der Waals surface area contributed by atoms with Gasteiger partial charge in [-0.3, -0.25) is 0 Å². The molecule has 0 atom stereocenters. The summed E-state index contributed by atoms with van der Waals surface area (Å²) in [5, 5.41) is 0. The van der Waals surface area contributed by atoms with E-state index in [1.54, 1.807) is 39.8 Å². The minimum absolute atomic E-state index is 0.134. The molecule has 0 bridgehead atoms. The number of nitrogens with two attached hydrogens (primary N) is 1. The van der Waals surface area contributed by atoms with E-state index in [1.807, 2.05) is 0 Å². The van der Waals surface area contributed by atoms with Crippen LogP contribution >= 0.6 is 0 Å². The second-order valence-corrected chi connectivity index (χ2v) is 5.85. The van der Waals surface area contributed by atoms with Gasteiger partial charge in [0.2, 0.25) is 10.0 Å². The molecule has 0 saturated heterocycles. The van der Waals surface area contributed by atoms with Crippen molar-refractivity contribution in [2.24, 2.45) is 0 Å². The Morgan fingerprint density at radius 2 is 1.81 bits per heavy atom. The highest BCUT2D eigenvalue weighted by atomic mass is 32.2. The van der Waals surface area contributed by atoms with E-state index in [4.69, 9.17) is 5.73 Å². The number of nitrogens with one attached hydrogen (secondary N) is 1. The van der Waals surface area contributed by atoms with Crippen molar-refractivity contribution < 1.29 is 8.42 Å². The largest absolute Gasteiger partial charge is 0.398 e. The highest BCUT2D eigenvalue weighted by Gasteiger charge is 2.21. The normalized spacial score (nSPS) is 12.1. The summed E-state index contributed by atoms with van der Waals surface area (Å²) in [4.78, 5) is 0.293. The standard InChI is InChI=1S/C11H18N2O2S/c1-7(2)13-16(14,15)11-8(3)5-6-10(12)9(11)4/h5-7,13H,12H2,1-4H3. The molecule has 0 heterocycles. The number of hydrogen-bond acceptors (Lipinski definition) is 3. The van der Waals surface area contributed by atoms with Crippen molar-refractivity contribution in [2.75, 3.05) is 5.73 Å². The minimum Gasteiger partial charge on any atom is -0.398 e. The molecular weight excluding hydrogens is 224 g/mol. The van der Waals surface area contributed by atoms with Gasteiger partial charge >= 0.3 is 0 Å². The molecule has 3 N–H and O–H groups in total. The maximum atomic E-state index is 12.1. The molecule has 0 amide bonds. The fourth-order valence-electron chi connectivity index (χ4n) is 1.63. The Kier molecular flexibility index (Phi) is 3.60. The number of benzene rings is 1. The summed E-state index contributed by atoms with van der Waals surface area (Å²) in [6.07, 6.45) is 0. The topological polar surface area (TPSA) is 72.2 Å². The first kappa shape index (κ1) is 13.0. The lowest BCUT2D eigenvalue weighted by Gasteiger charge is -2.15. The van der Waals surface area contributed by atoms with E-state index in [9.17, 15) is 8.42 Å². The first-order valence-electron chi connectivity index (χ1n) is 5.13. The predicted molar refractivity (Wildman–Crippen MR) is 65.8 cm³/mol. The Labute approximate surface area is 96.9 Å². The smallest absolute Gasteiger partial charge is 0.241 e. The molecule has 0 aliphatic rings. The van der Waals surface area contributed by atoms with Crippen LogP contribution in [0.3, 0.4) is 0 Å². The van der Waals surface area contributed by atoms with Crippen LogP contribution in [0.15, 0.2) is 17.0 Å². The molecule has 0 spiro atoms. The van der Waals surface area contributed by atoms with Crippen molar-refractivity contribution in [3.8, 4) is 0 Å². The quantitative estimate of drug-likeness (QED) is 0.790. The summed E-state index contributed by atoms with van der Waals surface area (Å²) in [6, 6.07) is 3.31. The fourth-order valence-corrected chi connectivity index (χ4v) is 3.38. The molecule has 5 heteroatoms. The van der Waals surface area contributed by atoms with Crippen molar-refractivity contribution in [3.63, 3.8) is 0 Å². The fraction of sp³-hybridized carbons (Fsp3) is 0.455. The molecule has 1 aromatic carbocycles. The van der Waals surface area contributed by atoms with Crippen molar-refractivity contribution in [1.29, 1.82) is 0 Å². The molecule has 1 aromatic rings. The molecule has 0 unspecified atom stereocenters. The van der Waals surface area contributed by atoms with Gasteiger partial charge in [0.25, 0.3) is 0 Å². The first-order valence-corrected chi connectivity index (χ1v) is 6.62. The number of sulfonamides is 1.